The van der Waals surface area contributed by atoms with Gasteiger partial charge in [0, 0.05) is 13.1 Å². The summed E-state index contributed by atoms with van der Waals surface area (Å²) in [6.07, 6.45) is 0.547. The summed E-state index contributed by atoms with van der Waals surface area (Å²) in [5.74, 6) is -1.23. The lowest BCUT2D eigenvalue weighted by Gasteiger charge is -2.29. The molecular formula is C16H21NO3. The molecule has 1 fully saturated rings. The minimum absolute atomic E-state index is 0.00473. The van der Waals surface area contributed by atoms with Crippen molar-refractivity contribution in [2.45, 2.75) is 32.6 Å². The van der Waals surface area contributed by atoms with Gasteiger partial charge in [-0.2, -0.15) is 0 Å². The Kier molecular flexibility index (Phi) is 3.84. The molecule has 1 heterocycles. The van der Waals surface area contributed by atoms with Crippen LogP contribution in [0.1, 0.15) is 31.4 Å². The lowest BCUT2D eigenvalue weighted by atomic mass is 9.83. The van der Waals surface area contributed by atoms with Crippen LogP contribution in [0.15, 0.2) is 24.3 Å². The Bertz CT molecular complexity index is 519. The van der Waals surface area contributed by atoms with Gasteiger partial charge in [0.15, 0.2) is 0 Å². The molecule has 0 spiro atoms. The highest BCUT2D eigenvalue weighted by atomic mass is 16.4. The number of carbonyl (C=O) groups is 2. The number of benzene rings is 1. The van der Waals surface area contributed by atoms with E-state index >= 15 is 0 Å². The second-order valence-electron chi connectivity index (χ2n) is 6.07. The Labute approximate surface area is 119 Å². The van der Waals surface area contributed by atoms with Crippen LogP contribution in [0.3, 0.4) is 0 Å². The molecule has 4 nitrogen and oxygen atoms in total. The molecule has 0 aromatic heterocycles. The Morgan fingerprint density at radius 3 is 2.35 bits per heavy atom. The molecule has 2 rings (SSSR count). The number of aryl methyl sites for hydroxylation is 1. The van der Waals surface area contributed by atoms with Crippen molar-refractivity contribution in [3.63, 3.8) is 0 Å². The van der Waals surface area contributed by atoms with E-state index in [1.54, 1.807) is 4.90 Å². The van der Waals surface area contributed by atoms with Gasteiger partial charge in [-0.25, -0.2) is 0 Å². The Balaban J connectivity index is 2.15. The van der Waals surface area contributed by atoms with E-state index < -0.39 is 17.3 Å². The van der Waals surface area contributed by atoms with Gasteiger partial charge in [-0.1, -0.05) is 29.8 Å². The van der Waals surface area contributed by atoms with Gasteiger partial charge in [-0.15, -0.1) is 0 Å². The molecule has 0 radical (unpaired) electrons. The lowest BCUT2D eigenvalue weighted by Crippen LogP contribution is -2.42. The minimum Gasteiger partial charge on any atom is -0.481 e. The summed E-state index contributed by atoms with van der Waals surface area (Å²) in [7, 11) is 0. The summed E-state index contributed by atoms with van der Waals surface area (Å²) in [4.78, 5) is 25.3. The molecule has 4 heteroatoms. The number of carboxylic acids is 1. The SMILES string of the molecule is Cc1ccc(C(C)(C)C(=O)N2CCC(C(=O)O)C2)cc1. The predicted octanol–water partition coefficient (Wildman–Crippen LogP) is 2.21. The van der Waals surface area contributed by atoms with Crippen molar-refractivity contribution in [1.29, 1.82) is 0 Å². The van der Waals surface area contributed by atoms with Gasteiger partial charge in [0.1, 0.15) is 0 Å². The fourth-order valence-corrected chi connectivity index (χ4v) is 2.64. The van der Waals surface area contributed by atoms with Crippen LogP contribution >= 0.6 is 0 Å². The lowest BCUT2D eigenvalue weighted by molar-refractivity contribution is -0.141. The van der Waals surface area contributed by atoms with Gasteiger partial charge < -0.3 is 10.0 Å². The van der Waals surface area contributed by atoms with Crippen LogP contribution in [0.25, 0.3) is 0 Å². The number of rotatable bonds is 3. The second-order valence-corrected chi connectivity index (χ2v) is 6.07. The molecule has 0 bridgehead atoms. The smallest absolute Gasteiger partial charge is 0.308 e. The van der Waals surface area contributed by atoms with Crippen LogP contribution < -0.4 is 0 Å². The van der Waals surface area contributed by atoms with Crippen LogP contribution in [-0.2, 0) is 15.0 Å². The summed E-state index contributed by atoms with van der Waals surface area (Å²) in [6, 6.07) is 7.93. The molecule has 0 aliphatic carbocycles. The standard InChI is InChI=1S/C16H21NO3/c1-11-4-6-13(7-5-11)16(2,3)15(20)17-9-8-12(10-17)14(18)19/h4-7,12H,8-10H2,1-3H3,(H,18,19). The fraction of sp³-hybridized carbons (Fsp3) is 0.500. The molecule has 1 N–H and O–H groups in total. The predicted molar refractivity (Wildman–Crippen MR) is 76.5 cm³/mol. The number of aliphatic carboxylic acids is 1. The van der Waals surface area contributed by atoms with E-state index in [4.69, 9.17) is 5.11 Å². The van der Waals surface area contributed by atoms with E-state index in [2.05, 4.69) is 0 Å². The maximum Gasteiger partial charge on any atom is 0.308 e. The van der Waals surface area contributed by atoms with Crippen LogP contribution in [0.2, 0.25) is 0 Å². The van der Waals surface area contributed by atoms with Crippen molar-refractivity contribution in [1.82, 2.24) is 4.90 Å². The van der Waals surface area contributed by atoms with Gasteiger partial charge >= 0.3 is 5.97 Å². The normalized spacial score (nSPS) is 19.1. The Hall–Kier alpha value is -1.84. The molecule has 1 aliphatic rings. The average molecular weight is 275 g/mol. The quantitative estimate of drug-likeness (QED) is 0.920. The van der Waals surface area contributed by atoms with Gasteiger partial charge in [0.25, 0.3) is 0 Å². The molecule has 1 aromatic rings. The number of likely N-dealkylation sites (tertiary alicyclic amines) is 1. The zero-order valence-corrected chi connectivity index (χ0v) is 12.2. The molecule has 1 atom stereocenters. The first kappa shape index (κ1) is 14.6. The van der Waals surface area contributed by atoms with E-state index in [0.717, 1.165) is 11.1 Å². The second kappa shape index (κ2) is 5.27. The van der Waals surface area contributed by atoms with Gasteiger partial charge in [-0.05, 0) is 32.8 Å². The third-order valence-corrected chi connectivity index (χ3v) is 4.13. The average Bonchev–Trinajstić information content (AvgIpc) is 2.88. The van der Waals surface area contributed by atoms with E-state index in [9.17, 15) is 9.59 Å². The van der Waals surface area contributed by atoms with Crippen molar-refractivity contribution in [2.75, 3.05) is 13.1 Å². The number of carboxylic acid groups (broad SMARTS) is 1. The van der Waals surface area contributed by atoms with E-state index in [1.807, 2.05) is 45.0 Å². The van der Waals surface area contributed by atoms with Crippen molar-refractivity contribution >= 4 is 11.9 Å². The summed E-state index contributed by atoms with van der Waals surface area (Å²) >= 11 is 0. The van der Waals surface area contributed by atoms with Crippen LogP contribution in [0, 0.1) is 12.8 Å². The Morgan fingerprint density at radius 1 is 1.25 bits per heavy atom. The molecule has 1 unspecified atom stereocenters. The minimum atomic E-state index is -0.812. The first-order chi connectivity index (χ1) is 9.32. The van der Waals surface area contributed by atoms with Gasteiger partial charge in [0.2, 0.25) is 5.91 Å². The number of hydrogen-bond acceptors (Lipinski definition) is 2. The highest BCUT2D eigenvalue weighted by Gasteiger charge is 2.38. The van der Waals surface area contributed by atoms with Crippen molar-refractivity contribution in [3.8, 4) is 0 Å². The topological polar surface area (TPSA) is 57.6 Å². The summed E-state index contributed by atoms with van der Waals surface area (Å²) in [6.45, 7) is 6.66. The molecule has 1 aliphatic heterocycles. The maximum absolute atomic E-state index is 12.7. The fourth-order valence-electron chi connectivity index (χ4n) is 2.64. The first-order valence-corrected chi connectivity index (χ1v) is 6.91. The molecule has 1 amide bonds. The summed E-state index contributed by atoms with van der Waals surface area (Å²) < 4.78 is 0. The van der Waals surface area contributed by atoms with E-state index in [-0.39, 0.29) is 5.91 Å². The van der Waals surface area contributed by atoms with Gasteiger partial charge in [0.05, 0.1) is 11.3 Å². The van der Waals surface area contributed by atoms with E-state index in [1.165, 1.54) is 0 Å². The molecule has 20 heavy (non-hydrogen) atoms. The van der Waals surface area contributed by atoms with Crippen LogP contribution in [-0.4, -0.2) is 35.0 Å². The van der Waals surface area contributed by atoms with Gasteiger partial charge in [-0.3, -0.25) is 9.59 Å². The van der Waals surface area contributed by atoms with Crippen molar-refractivity contribution in [3.05, 3.63) is 35.4 Å². The zero-order chi connectivity index (χ0) is 14.9. The molecule has 1 aromatic carbocycles. The van der Waals surface area contributed by atoms with Crippen molar-refractivity contribution < 1.29 is 14.7 Å². The Morgan fingerprint density at radius 2 is 1.85 bits per heavy atom. The molecule has 108 valence electrons. The maximum atomic E-state index is 12.7. The third kappa shape index (κ3) is 2.69. The highest BCUT2D eigenvalue weighted by Crippen LogP contribution is 2.29. The molecular weight excluding hydrogens is 254 g/mol. The number of nitrogens with zero attached hydrogens (tertiary/aromatic N) is 1. The number of carbonyl (C=O) groups excluding carboxylic acids is 1. The number of amides is 1. The van der Waals surface area contributed by atoms with Crippen LogP contribution in [0.5, 0.6) is 0 Å². The van der Waals surface area contributed by atoms with Crippen LogP contribution in [0.4, 0.5) is 0 Å². The largest absolute Gasteiger partial charge is 0.481 e. The summed E-state index contributed by atoms with van der Waals surface area (Å²) in [5.41, 5.74) is 1.50. The molecule has 1 saturated heterocycles. The first-order valence-electron chi connectivity index (χ1n) is 6.91. The highest BCUT2D eigenvalue weighted by molar-refractivity contribution is 5.88. The third-order valence-electron chi connectivity index (χ3n) is 4.13. The molecule has 0 saturated carbocycles. The zero-order valence-electron chi connectivity index (χ0n) is 12.2. The number of hydrogen-bond donors (Lipinski definition) is 1. The monoisotopic (exact) mass is 275 g/mol. The summed E-state index contributed by atoms with van der Waals surface area (Å²) in [5, 5.41) is 9.03. The van der Waals surface area contributed by atoms with E-state index in [0.29, 0.717) is 19.5 Å². The van der Waals surface area contributed by atoms with Crippen molar-refractivity contribution in [2.24, 2.45) is 5.92 Å².